The number of carbonyl (C=O) groups is 1. The molecule has 0 radical (unpaired) electrons. The molecule has 2 aliphatic rings. The van der Waals surface area contributed by atoms with Crippen LogP contribution in [0.25, 0.3) is 0 Å². The van der Waals surface area contributed by atoms with Crippen LogP contribution in [0.3, 0.4) is 0 Å². The van der Waals surface area contributed by atoms with Gasteiger partial charge in [0.15, 0.2) is 0 Å². The molecule has 0 saturated carbocycles. The zero-order valence-corrected chi connectivity index (χ0v) is 12.4. The molecule has 2 saturated heterocycles. The van der Waals surface area contributed by atoms with Crippen molar-refractivity contribution < 1.29 is 14.3 Å². The van der Waals surface area contributed by atoms with E-state index in [1.54, 1.807) is 7.11 Å². The molecule has 4 heteroatoms. The van der Waals surface area contributed by atoms with Crippen molar-refractivity contribution in [2.24, 2.45) is 17.8 Å². The quantitative estimate of drug-likeness (QED) is 0.783. The molecule has 0 N–H and O–H groups in total. The second kappa shape index (κ2) is 6.71. The summed E-state index contributed by atoms with van der Waals surface area (Å²) in [6.07, 6.45) is 3.27. The summed E-state index contributed by atoms with van der Waals surface area (Å²) in [6, 6.07) is 0.347. The second-order valence-corrected chi connectivity index (χ2v) is 6.16. The highest BCUT2D eigenvalue weighted by Crippen LogP contribution is 2.29. The van der Waals surface area contributed by atoms with Gasteiger partial charge in [-0.15, -0.1) is 0 Å². The van der Waals surface area contributed by atoms with E-state index in [4.69, 9.17) is 9.47 Å². The topological polar surface area (TPSA) is 38.8 Å². The van der Waals surface area contributed by atoms with Crippen LogP contribution in [0.1, 0.15) is 33.1 Å². The number of ether oxygens (including phenoxy) is 2. The van der Waals surface area contributed by atoms with Crippen molar-refractivity contribution in [1.82, 2.24) is 4.90 Å². The van der Waals surface area contributed by atoms with E-state index in [9.17, 15) is 4.79 Å². The number of likely N-dealkylation sites (tertiary alicyclic amines) is 1. The Morgan fingerprint density at radius 2 is 2.32 bits per heavy atom. The fourth-order valence-corrected chi connectivity index (χ4v) is 3.43. The van der Waals surface area contributed by atoms with Crippen LogP contribution < -0.4 is 0 Å². The Labute approximate surface area is 116 Å². The Bertz CT molecular complexity index is 302. The summed E-state index contributed by atoms with van der Waals surface area (Å²) in [4.78, 5) is 14.7. The summed E-state index contributed by atoms with van der Waals surface area (Å²) in [6.45, 7) is 7.43. The lowest BCUT2D eigenvalue weighted by molar-refractivity contribution is -0.139. The molecule has 2 rings (SSSR count). The summed E-state index contributed by atoms with van der Waals surface area (Å²) in [5.74, 6) is 1.29. The second-order valence-electron chi connectivity index (χ2n) is 6.16. The zero-order valence-electron chi connectivity index (χ0n) is 12.4. The standard InChI is InChI=1S/C15H27NO3/c1-11-7-13(9-18-3)8-16(11)15(17)12(2)14-5-4-6-19-10-14/h11-14H,4-10H2,1-3H3/t11-,12?,13?,14?/m1/s1. The predicted octanol–water partition coefficient (Wildman–Crippen LogP) is 1.93. The molecule has 2 aliphatic heterocycles. The van der Waals surface area contributed by atoms with Crippen LogP contribution >= 0.6 is 0 Å². The van der Waals surface area contributed by atoms with Crippen molar-refractivity contribution in [2.45, 2.75) is 39.2 Å². The molecule has 4 atom stereocenters. The van der Waals surface area contributed by atoms with Crippen molar-refractivity contribution in [1.29, 1.82) is 0 Å². The molecular weight excluding hydrogens is 242 g/mol. The van der Waals surface area contributed by atoms with Crippen LogP contribution in [0.2, 0.25) is 0 Å². The van der Waals surface area contributed by atoms with E-state index in [-0.39, 0.29) is 5.92 Å². The van der Waals surface area contributed by atoms with Gasteiger partial charge in [0.1, 0.15) is 0 Å². The Morgan fingerprint density at radius 1 is 1.53 bits per heavy atom. The van der Waals surface area contributed by atoms with Crippen LogP contribution in [0.5, 0.6) is 0 Å². The average molecular weight is 269 g/mol. The zero-order chi connectivity index (χ0) is 13.8. The number of carbonyl (C=O) groups excluding carboxylic acids is 1. The van der Waals surface area contributed by atoms with Gasteiger partial charge in [-0.25, -0.2) is 0 Å². The van der Waals surface area contributed by atoms with Gasteiger partial charge in [0.05, 0.1) is 13.2 Å². The number of nitrogens with zero attached hydrogens (tertiary/aromatic N) is 1. The molecule has 1 amide bonds. The normalized spacial score (nSPS) is 33.4. The minimum atomic E-state index is 0.0871. The lowest BCUT2D eigenvalue weighted by Gasteiger charge is -2.31. The van der Waals surface area contributed by atoms with Crippen LogP contribution in [0, 0.1) is 17.8 Å². The molecule has 2 heterocycles. The molecule has 2 fully saturated rings. The number of rotatable bonds is 4. The Hall–Kier alpha value is -0.610. The lowest BCUT2D eigenvalue weighted by Crippen LogP contribution is -2.41. The molecule has 0 aromatic rings. The first kappa shape index (κ1) is 14.8. The van der Waals surface area contributed by atoms with Gasteiger partial charge < -0.3 is 14.4 Å². The van der Waals surface area contributed by atoms with Crippen molar-refractivity contribution in [3.05, 3.63) is 0 Å². The first-order valence-electron chi connectivity index (χ1n) is 7.50. The van der Waals surface area contributed by atoms with Crippen LogP contribution in [-0.4, -0.2) is 50.3 Å². The largest absolute Gasteiger partial charge is 0.384 e. The number of amides is 1. The van der Waals surface area contributed by atoms with Crippen molar-refractivity contribution in [2.75, 3.05) is 33.5 Å². The SMILES string of the molecule is COCC1C[C@@H](C)N(C(=O)C(C)C2CCCOC2)C1. The van der Waals surface area contributed by atoms with Gasteiger partial charge >= 0.3 is 0 Å². The maximum absolute atomic E-state index is 12.6. The van der Waals surface area contributed by atoms with E-state index >= 15 is 0 Å². The third-order valence-corrected chi connectivity index (χ3v) is 4.64. The minimum Gasteiger partial charge on any atom is -0.384 e. The van der Waals surface area contributed by atoms with Gasteiger partial charge in [-0.1, -0.05) is 6.92 Å². The van der Waals surface area contributed by atoms with E-state index in [1.165, 1.54) is 0 Å². The van der Waals surface area contributed by atoms with Gasteiger partial charge in [-0.05, 0) is 32.1 Å². The highest BCUT2D eigenvalue weighted by Gasteiger charge is 2.36. The summed E-state index contributed by atoms with van der Waals surface area (Å²) < 4.78 is 10.7. The molecule has 0 aromatic carbocycles. The molecule has 110 valence electrons. The maximum atomic E-state index is 12.6. The first-order valence-corrected chi connectivity index (χ1v) is 7.50. The van der Waals surface area contributed by atoms with Gasteiger partial charge in [0.2, 0.25) is 5.91 Å². The van der Waals surface area contributed by atoms with E-state index in [2.05, 4.69) is 18.7 Å². The smallest absolute Gasteiger partial charge is 0.226 e. The molecule has 0 aromatic heterocycles. The van der Waals surface area contributed by atoms with Gasteiger partial charge in [0, 0.05) is 38.1 Å². The first-order chi connectivity index (χ1) is 9.13. The Kier molecular flexibility index (Phi) is 5.22. The van der Waals surface area contributed by atoms with Gasteiger partial charge in [0.25, 0.3) is 0 Å². The molecule has 4 nitrogen and oxygen atoms in total. The van der Waals surface area contributed by atoms with Crippen LogP contribution in [0.15, 0.2) is 0 Å². The minimum absolute atomic E-state index is 0.0871. The average Bonchev–Trinajstić information content (AvgIpc) is 2.79. The van der Waals surface area contributed by atoms with E-state index in [1.807, 2.05) is 0 Å². The number of hydrogen-bond acceptors (Lipinski definition) is 3. The summed E-state index contributed by atoms with van der Waals surface area (Å²) in [5, 5.41) is 0. The summed E-state index contributed by atoms with van der Waals surface area (Å²) in [7, 11) is 1.73. The van der Waals surface area contributed by atoms with Gasteiger partial charge in [-0.3, -0.25) is 4.79 Å². The van der Waals surface area contributed by atoms with E-state index in [0.717, 1.165) is 45.6 Å². The lowest BCUT2D eigenvalue weighted by atomic mass is 9.88. The molecule has 3 unspecified atom stereocenters. The molecular formula is C15H27NO3. The van der Waals surface area contributed by atoms with Crippen LogP contribution in [-0.2, 0) is 14.3 Å². The predicted molar refractivity (Wildman–Crippen MR) is 73.9 cm³/mol. The number of methoxy groups -OCH3 is 1. The maximum Gasteiger partial charge on any atom is 0.226 e. The fourth-order valence-electron chi connectivity index (χ4n) is 3.43. The summed E-state index contributed by atoms with van der Waals surface area (Å²) in [5.41, 5.74) is 0. The van der Waals surface area contributed by atoms with E-state index < -0.39 is 0 Å². The van der Waals surface area contributed by atoms with Crippen LogP contribution in [0.4, 0.5) is 0 Å². The van der Waals surface area contributed by atoms with Crippen molar-refractivity contribution >= 4 is 5.91 Å². The Morgan fingerprint density at radius 3 is 2.95 bits per heavy atom. The molecule has 19 heavy (non-hydrogen) atoms. The molecule has 0 bridgehead atoms. The van der Waals surface area contributed by atoms with Crippen molar-refractivity contribution in [3.63, 3.8) is 0 Å². The monoisotopic (exact) mass is 269 g/mol. The summed E-state index contributed by atoms with van der Waals surface area (Å²) >= 11 is 0. The molecule has 0 aliphatic carbocycles. The molecule has 0 spiro atoms. The third kappa shape index (κ3) is 3.48. The Balaban J connectivity index is 1.91. The highest BCUT2D eigenvalue weighted by molar-refractivity contribution is 5.79. The fraction of sp³-hybridized carbons (Fsp3) is 0.933. The van der Waals surface area contributed by atoms with Crippen molar-refractivity contribution in [3.8, 4) is 0 Å². The highest BCUT2D eigenvalue weighted by atomic mass is 16.5. The third-order valence-electron chi connectivity index (χ3n) is 4.64. The number of hydrogen-bond donors (Lipinski definition) is 0. The van der Waals surface area contributed by atoms with Gasteiger partial charge in [-0.2, -0.15) is 0 Å². The van der Waals surface area contributed by atoms with E-state index in [0.29, 0.717) is 23.8 Å².